The average Bonchev–Trinajstić information content (AvgIpc) is 2.57. The lowest BCUT2D eigenvalue weighted by Gasteiger charge is -2.30. The van der Waals surface area contributed by atoms with Crippen LogP contribution in [0.15, 0.2) is 0 Å². The zero-order valence-corrected chi connectivity index (χ0v) is 12.0. The van der Waals surface area contributed by atoms with Gasteiger partial charge in [-0.25, -0.2) is 0 Å². The Morgan fingerprint density at radius 3 is 2.65 bits per heavy atom. The van der Waals surface area contributed by atoms with Crippen molar-refractivity contribution in [2.24, 2.45) is 17.6 Å². The predicted octanol–water partition coefficient (Wildman–Crippen LogP) is 2.15. The number of nitrogens with one attached hydrogen (secondary N) is 1. The van der Waals surface area contributed by atoms with E-state index < -0.39 is 0 Å². The molecule has 1 aliphatic heterocycles. The third kappa shape index (κ3) is 4.57. The van der Waals surface area contributed by atoms with E-state index in [1.807, 2.05) is 0 Å². The molecule has 3 N–H and O–H groups in total. The van der Waals surface area contributed by atoms with E-state index in [9.17, 15) is 0 Å². The molecule has 0 radical (unpaired) electrons. The summed E-state index contributed by atoms with van der Waals surface area (Å²) in [5.41, 5.74) is 5.99. The minimum absolute atomic E-state index is 0.164. The summed E-state index contributed by atoms with van der Waals surface area (Å²) in [6.07, 6.45) is 3.85. The SMILES string of the molecule is CC(C)CC(CN)CCNC1(C)CCOC1C. The van der Waals surface area contributed by atoms with Gasteiger partial charge in [0.1, 0.15) is 0 Å². The summed E-state index contributed by atoms with van der Waals surface area (Å²) < 4.78 is 5.63. The first-order valence-electron chi connectivity index (χ1n) is 7.04. The van der Waals surface area contributed by atoms with Crippen molar-refractivity contribution in [2.75, 3.05) is 19.7 Å². The Hall–Kier alpha value is -0.120. The molecule has 0 aliphatic carbocycles. The first-order chi connectivity index (χ1) is 7.98. The fraction of sp³-hybridized carbons (Fsp3) is 1.00. The van der Waals surface area contributed by atoms with Crippen LogP contribution in [0, 0.1) is 11.8 Å². The highest BCUT2D eigenvalue weighted by atomic mass is 16.5. The molecule has 102 valence electrons. The summed E-state index contributed by atoms with van der Waals surface area (Å²) >= 11 is 0. The number of hydrogen-bond acceptors (Lipinski definition) is 3. The number of nitrogens with two attached hydrogens (primary N) is 1. The van der Waals surface area contributed by atoms with E-state index in [0.717, 1.165) is 32.0 Å². The Morgan fingerprint density at radius 1 is 1.47 bits per heavy atom. The van der Waals surface area contributed by atoms with Crippen molar-refractivity contribution in [1.82, 2.24) is 5.32 Å². The van der Waals surface area contributed by atoms with Gasteiger partial charge < -0.3 is 15.8 Å². The summed E-state index contributed by atoms with van der Waals surface area (Å²) in [5.74, 6) is 1.40. The van der Waals surface area contributed by atoms with E-state index in [4.69, 9.17) is 10.5 Å². The van der Waals surface area contributed by atoms with Crippen molar-refractivity contribution >= 4 is 0 Å². The molecule has 0 amide bonds. The summed E-state index contributed by atoms with van der Waals surface area (Å²) in [4.78, 5) is 0. The molecule has 1 saturated heterocycles. The van der Waals surface area contributed by atoms with Crippen LogP contribution in [0.5, 0.6) is 0 Å². The standard InChI is InChI=1S/C14H30N2O/c1-11(2)9-13(10-15)5-7-16-14(4)6-8-17-12(14)3/h11-13,16H,5-10,15H2,1-4H3. The Morgan fingerprint density at radius 2 is 2.18 bits per heavy atom. The average molecular weight is 242 g/mol. The minimum atomic E-state index is 0.164. The zero-order chi connectivity index (χ0) is 12.9. The molecular formula is C14H30N2O. The fourth-order valence-corrected chi connectivity index (χ4v) is 2.63. The smallest absolute Gasteiger partial charge is 0.0726 e. The Kier molecular flexibility index (Phi) is 5.90. The Balaban J connectivity index is 2.26. The molecule has 3 atom stereocenters. The molecule has 17 heavy (non-hydrogen) atoms. The lowest BCUT2D eigenvalue weighted by Crippen LogP contribution is -2.48. The lowest BCUT2D eigenvalue weighted by atomic mass is 9.92. The van der Waals surface area contributed by atoms with Crippen molar-refractivity contribution in [2.45, 2.75) is 58.6 Å². The van der Waals surface area contributed by atoms with Crippen LogP contribution in [0.2, 0.25) is 0 Å². The van der Waals surface area contributed by atoms with Gasteiger partial charge in [-0.2, -0.15) is 0 Å². The van der Waals surface area contributed by atoms with Crippen LogP contribution in [0.25, 0.3) is 0 Å². The normalized spacial score (nSPS) is 31.1. The van der Waals surface area contributed by atoms with Crippen LogP contribution in [-0.2, 0) is 4.74 Å². The van der Waals surface area contributed by atoms with Crippen LogP contribution in [0.1, 0.15) is 47.0 Å². The van der Waals surface area contributed by atoms with Crippen LogP contribution in [-0.4, -0.2) is 31.3 Å². The topological polar surface area (TPSA) is 47.3 Å². The molecule has 3 unspecified atom stereocenters. The molecule has 0 spiro atoms. The van der Waals surface area contributed by atoms with Crippen LogP contribution >= 0.6 is 0 Å². The molecule has 3 nitrogen and oxygen atoms in total. The van der Waals surface area contributed by atoms with Gasteiger partial charge >= 0.3 is 0 Å². The van der Waals surface area contributed by atoms with Crippen LogP contribution in [0.4, 0.5) is 0 Å². The third-order valence-electron chi connectivity index (χ3n) is 4.11. The van der Waals surface area contributed by atoms with Gasteiger partial charge in [-0.3, -0.25) is 0 Å². The highest BCUT2D eigenvalue weighted by Gasteiger charge is 2.36. The molecular weight excluding hydrogens is 212 g/mol. The van der Waals surface area contributed by atoms with E-state index in [1.54, 1.807) is 0 Å². The zero-order valence-electron chi connectivity index (χ0n) is 12.0. The first kappa shape index (κ1) is 14.9. The first-order valence-corrected chi connectivity index (χ1v) is 7.04. The molecule has 0 aromatic carbocycles. The van der Waals surface area contributed by atoms with Gasteiger partial charge in [0.15, 0.2) is 0 Å². The highest BCUT2D eigenvalue weighted by molar-refractivity contribution is 4.93. The van der Waals surface area contributed by atoms with E-state index in [-0.39, 0.29) is 5.54 Å². The molecule has 0 aromatic heterocycles. The van der Waals surface area contributed by atoms with Crippen molar-refractivity contribution in [3.63, 3.8) is 0 Å². The number of hydrogen-bond donors (Lipinski definition) is 2. The summed E-state index contributed by atoms with van der Waals surface area (Å²) in [6.45, 7) is 11.7. The van der Waals surface area contributed by atoms with Crippen molar-refractivity contribution in [1.29, 1.82) is 0 Å². The second kappa shape index (κ2) is 6.72. The molecule has 3 heteroatoms. The van der Waals surface area contributed by atoms with Gasteiger partial charge in [-0.05, 0) is 58.0 Å². The molecule has 1 aliphatic rings. The van der Waals surface area contributed by atoms with Crippen LogP contribution < -0.4 is 11.1 Å². The van der Waals surface area contributed by atoms with Gasteiger partial charge in [0.05, 0.1) is 6.10 Å². The molecule has 0 aromatic rings. The molecule has 1 heterocycles. The number of ether oxygens (including phenoxy) is 1. The molecule has 0 bridgehead atoms. The monoisotopic (exact) mass is 242 g/mol. The predicted molar refractivity (Wildman–Crippen MR) is 73.1 cm³/mol. The molecule has 1 fully saturated rings. The second-order valence-corrected chi connectivity index (χ2v) is 6.13. The highest BCUT2D eigenvalue weighted by Crippen LogP contribution is 2.25. The maximum atomic E-state index is 5.82. The fourth-order valence-electron chi connectivity index (χ4n) is 2.63. The van der Waals surface area contributed by atoms with E-state index in [0.29, 0.717) is 12.0 Å². The van der Waals surface area contributed by atoms with Gasteiger partial charge in [0.2, 0.25) is 0 Å². The maximum Gasteiger partial charge on any atom is 0.0726 e. The molecule has 0 saturated carbocycles. The van der Waals surface area contributed by atoms with E-state index >= 15 is 0 Å². The largest absolute Gasteiger partial charge is 0.377 e. The summed E-state index contributed by atoms with van der Waals surface area (Å²) in [7, 11) is 0. The number of rotatable bonds is 7. The van der Waals surface area contributed by atoms with Gasteiger partial charge in [-0.1, -0.05) is 13.8 Å². The van der Waals surface area contributed by atoms with Crippen molar-refractivity contribution in [3.8, 4) is 0 Å². The van der Waals surface area contributed by atoms with Crippen LogP contribution in [0.3, 0.4) is 0 Å². The van der Waals surface area contributed by atoms with Gasteiger partial charge in [-0.15, -0.1) is 0 Å². The van der Waals surface area contributed by atoms with Crippen molar-refractivity contribution < 1.29 is 4.74 Å². The van der Waals surface area contributed by atoms with E-state index in [1.165, 1.54) is 12.8 Å². The summed E-state index contributed by atoms with van der Waals surface area (Å²) in [5, 5.41) is 3.67. The van der Waals surface area contributed by atoms with Crippen molar-refractivity contribution in [3.05, 3.63) is 0 Å². The molecule has 1 rings (SSSR count). The second-order valence-electron chi connectivity index (χ2n) is 6.13. The summed E-state index contributed by atoms with van der Waals surface area (Å²) in [6, 6.07) is 0. The quantitative estimate of drug-likeness (QED) is 0.719. The minimum Gasteiger partial charge on any atom is -0.377 e. The maximum absolute atomic E-state index is 5.82. The lowest BCUT2D eigenvalue weighted by molar-refractivity contribution is 0.0881. The Labute approximate surface area is 106 Å². The Bertz CT molecular complexity index is 220. The van der Waals surface area contributed by atoms with Gasteiger partial charge in [0, 0.05) is 12.1 Å². The van der Waals surface area contributed by atoms with E-state index in [2.05, 4.69) is 33.0 Å². The third-order valence-corrected chi connectivity index (χ3v) is 4.11. The van der Waals surface area contributed by atoms with Gasteiger partial charge in [0.25, 0.3) is 0 Å².